The highest BCUT2D eigenvalue weighted by atomic mass is 32.2. The number of amides is 1. The third-order valence-corrected chi connectivity index (χ3v) is 5.27. The molecule has 2 heterocycles. The van der Waals surface area contributed by atoms with E-state index in [-0.39, 0.29) is 22.3 Å². The molecular formula is C20H26N8OS. The standard InChI is InChI=1S/C20H26N8OS/c1-27(2)17(14-7-4-3-5-8-14)18(29)25-20(22)30-19(21)24-15-10-12-28(13-15)16-9-6-11-23-26-16/h3-9,11,15,17H,10,12-13H2,1-2H3,(H2,21,24)(H2,22,25,29). The van der Waals surface area contributed by atoms with Crippen LogP contribution < -0.4 is 16.4 Å². The number of nitrogens with zero attached hydrogens (tertiary/aromatic N) is 6. The lowest BCUT2D eigenvalue weighted by molar-refractivity contribution is -0.122. The number of hydrogen-bond donors (Lipinski definition) is 2. The molecule has 0 bridgehead atoms. The van der Waals surface area contributed by atoms with Gasteiger partial charge in [0.25, 0.3) is 5.91 Å². The molecule has 0 aliphatic carbocycles. The summed E-state index contributed by atoms with van der Waals surface area (Å²) in [7, 11) is 3.65. The average Bonchev–Trinajstić information content (AvgIpc) is 3.17. The van der Waals surface area contributed by atoms with Crippen LogP contribution in [0.2, 0.25) is 0 Å². The number of benzene rings is 1. The number of aromatic nitrogens is 2. The number of rotatable bonds is 5. The van der Waals surface area contributed by atoms with Crippen LogP contribution in [0.15, 0.2) is 58.6 Å². The fraction of sp³-hybridized carbons (Fsp3) is 0.350. The normalized spacial score (nSPS) is 18.6. The van der Waals surface area contributed by atoms with E-state index in [2.05, 4.69) is 25.1 Å². The zero-order valence-electron chi connectivity index (χ0n) is 17.0. The predicted molar refractivity (Wildman–Crippen MR) is 121 cm³/mol. The van der Waals surface area contributed by atoms with E-state index in [1.807, 2.05) is 56.6 Å². The second-order valence-electron chi connectivity index (χ2n) is 7.10. The maximum absolute atomic E-state index is 12.7. The van der Waals surface area contributed by atoms with Gasteiger partial charge >= 0.3 is 0 Å². The van der Waals surface area contributed by atoms with Gasteiger partial charge in [0.2, 0.25) is 0 Å². The fourth-order valence-electron chi connectivity index (χ4n) is 3.32. The van der Waals surface area contributed by atoms with Crippen molar-refractivity contribution < 1.29 is 4.79 Å². The molecule has 1 fully saturated rings. The Balaban J connectivity index is 1.61. The SMILES string of the molecule is CN(C)C(C(=O)N=C(N)SC(N)=NC1CCN(c2cccnn2)C1)c1ccccc1. The minimum atomic E-state index is -0.515. The maximum Gasteiger partial charge on any atom is 0.269 e. The first kappa shape index (κ1) is 21.7. The predicted octanol–water partition coefficient (Wildman–Crippen LogP) is 1.25. The smallest absolute Gasteiger partial charge is 0.269 e. The third-order valence-electron chi connectivity index (χ3n) is 4.65. The van der Waals surface area contributed by atoms with Gasteiger partial charge in [-0.05, 0) is 50.0 Å². The van der Waals surface area contributed by atoms with Crippen LogP contribution in [0.1, 0.15) is 18.0 Å². The molecule has 10 heteroatoms. The van der Waals surface area contributed by atoms with Crippen molar-refractivity contribution in [2.75, 3.05) is 32.1 Å². The monoisotopic (exact) mass is 426 g/mol. The number of carbonyl (C=O) groups excluding carboxylic acids is 1. The number of carbonyl (C=O) groups is 1. The lowest BCUT2D eigenvalue weighted by Crippen LogP contribution is -2.28. The van der Waals surface area contributed by atoms with Crippen LogP contribution in [0, 0.1) is 0 Å². The molecule has 1 aliphatic rings. The summed E-state index contributed by atoms with van der Waals surface area (Å²) in [5.41, 5.74) is 12.9. The molecule has 2 atom stereocenters. The highest BCUT2D eigenvalue weighted by Gasteiger charge is 2.25. The first-order valence-corrected chi connectivity index (χ1v) is 10.4. The Labute approximate surface area is 180 Å². The molecule has 1 saturated heterocycles. The second-order valence-corrected chi connectivity index (χ2v) is 8.15. The summed E-state index contributed by atoms with van der Waals surface area (Å²) in [6.07, 6.45) is 2.50. The van der Waals surface area contributed by atoms with Crippen LogP contribution in [-0.2, 0) is 4.79 Å². The molecule has 2 unspecified atom stereocenters. The number of hydrogen-bond acceptors (Lipinski definition) is 7. The summed E-state index contributed by atoms with van der Waals surface area (Å²) in [5, 5.41) is 8.39. The Morgan fingerprint density at radius 1 is 1.20 bits per heavy atom. The van der Waals surface area contributed by atoms with Crippen molar-refractivity contribution in [2.24, 2.45) is 21.5 Å². The first-order valence-electron chi connectivity index (χ1n) is 9.57. The van der Waals surface area contributed by atoms with E-state index in [0.29, 0.717) is 6.54 Å². The zero-order chi connectivity index (χ0) is 21.5. The molecule has 0 radical (unpaired) electrons. The van der Waals surface area contributed by atoms with Crippen LogP contribution >= 0.6 is 11.8 Å². The average molecular weight is 427 g/mol. The van der Waals surface area contributed by atoms with E-state index in [1.54, 1.807) is 11.1 Å². The highest BCUT2D eigenvalue weighted by Crippen LogP contribution is 2.21. The van der Waals surface area contributed by atoms with Crippen LogP contribution in [0.5, 0.6) is 0 Å². The summed E-state index contributed by atoms with van der Waals surface area (Å²) < 4.78 is 0. The molecule has 30 heavy (non-hydrogen) atoms. The second kappa shape index (κ2) is 10.2. The van der Waals surface area contributed by atoms with E-state index in [9.17, 15) is 4.79 Å². The molecule has 158 valence electrons. The van der Waals surface area contributed by atoms with Crippen molar-refractivity contribution in [3.63, 3.8) is 0 Å². The molecule has 3 rings (SSSR count). The van der Waals surface area contributed by atoms with Gasteiger partial charge in [-0.15, -0.1) is 5.10 Å². The molecule has 0 saturated carbocycles. The largest absolute Gasteiger partial charge is 0.378 e. The molecule has 1 aromatic heterocycles. The van der Waals surface area contributed by atoms with Gasteiger partial charge in [-0.2, -0.15) is 10.1 Å². The number of anilines is 1. The summed E-state index contributed by atoms with van der Waals surface area (Å²) in [6, 6.07) is 12.7. The Kier molecular flexibility index (Phi) is 7.36. The summed E-state index contributed by atoms with van der Waals surface area (Å²) >= 11 is 1.01. The van der Waals surface area contributed by atoms with E-state index < -0.39 is 6.04 Å². The lowest BCUT2D eigenvalue weighted by atomic mass is 10.1. The maximum atomic E-state index is 12.7. The summed E-state index contributed by atoms with van der Waals surface area (Å²) in [4.78, 5) is 25.2. The van der Waals surface area contributed by atoms with Gasteiger partial charge in [-0.3, -0.25) is 14.7 Å². The third kappa shape index (κ3) is 5.77. The van der Waals surface area contributed by atoms with Crippen LogP contribution in [0.25, 0.3) is 0 Å². The molecule has 9 nitrogen and oxygen atoms in total. The van der Waals surface area contributed by atoms with Crippen molar-refractivity contribution in [2.45, 2.75) is 18.5 Å². The van der Waals surface area contributed by atoms with Crippen LogP contribution in [-0.4, -0.2) is 64.6 Å². The van der Waals surface area contributed by atoms with Gasteiger partial charge in [0, 0.05) is 19.3 Å². The van der Waals surface area contributed by atoms with Crippen molar-refractivity contribution in [1.29, 1.82) is 0 Å². The molecule has 2 aromatic rings. The summed E-state index contributed by atoms with van der Waals surface area (Å²) in [5.74, 6) is 0.474. The Morgan fingerprint density at radius 3 is 2.63 bits per heavy atom. The summed E-state index contributed by atoms with van der Waals surface area (Å²) in [6.45, 7) is 1.53. The van der Waals surface area contributed by atoms with Gasteiger partial charge in [-0.25, -0.2) is 0 Å². The fourth-order valence-corrected chi connectivity index (χ4v) is 3.87. The lowest BCUT2D eigenvalue weighted by Gasteiger charge is -2.21. The Hall–Kier alpha value is -2.98. The van der Waals surface area contributed by atoms with Crippen molar-refractivity contribution in [3.8, 4) is 0 Å². The van der Waals surface area contributed by atoms with E-state index in [1.165, 1.54) is 0 Å². The van der Waals surface area contributed by atoms with E-state index in [4.69, 9.17) is 11.5 Å². The topological polar surface area (TPSA) is 126 Å². The van der Waals surface area contributed by atoms with E-state index in [0.717, 1.165) is 36.1 Å². The number of amidine groups is 2. The van der Waals surface area contributed by atoms with Crippen LogP contribution in [0.4, 0.5) is 5.82 Å². The molecule has 1 amide bonds. The van der Waals surface area contributed by atoms with Crippen molar-refractivity contribution in [1.82, 2.24) is 15.1 Å². The first-order chi connectivity index (χ1) is 14.4. The van der Waals surface area contributed by atoms with Gasteiger partial charge in [0.05, 0.1) is 6.04 Å². The Morgan fingerprint density at radius 2 is 1.97 bits per heavy atom. The van der Waals surface area contributed by atoms with Gasteiger partial charge < -0.3 is 16.4 Å². The molecule has 1 aromatic carbocycles. The molecule has 4 N–H and O–H groups in total. The van der Waals surface area contributed by atoms with E-state index >= 15 is 0 Å². The van der Waals surface area contributed by atoms with Gasteiger partial charge in [-0.1, -0.05) is 30.3 Å². The molecule has 1 aliphatic heterocycles. The number of likely N-dealkylation sites (N-methyl/N-ethyl adjacent to an activating group) is 1. The highest BCUT2D eigenvalue weighted by molar-refractivity contribution is 8.26. The Bertz CT molecular complexity index is 904. The van der Waals surface area contributed by atoms with Crippen LogP contribution in [0.3, 0.4) is 0 Å². The molecular weight excluding hydrogens is 400 g/mol. The minimum absolute atomic E-state index is 0.0295. The minimum Gasteiger partial charge on any atom is -0.378 e. The van der Waals surface area contributed by atoms with Gasteiger partial charge in [0.1, 0.15) is 6.04 Å². The number of nitrogens with two attached hydrogens (primary N) is 2. The quantitative estimate of drug-likeness (QED) is 0.540. The number of thioether (sulfide) groups is 1. The van der Waals surface area contributed by atoms with Crippen molar-refractivity contribution in [3.05, 3.63) is 54.2 Å². The number of aliphatic imine (C=N–C) groups is 2. The molecule has 0 spiro atoms. The zero-order valence-corrected chi connectivity index (χ0v) is 17.9. The van der Waals surface area contributed by atoms with Crippen molar-refractivity contribution >= 4 is 33.8 Å². The van der Waals surface area contributed by atoms with Gasteiger partial charge in [0.15, 0.2) is 16.2 Å².